The van der Waals surface area contributed by atoms with Gasteiger partial charge in [0.2, 0.25) is 0 Å². The fraction of sp³-hybridized carbons (Fsp3) is 0.423. The van der Waals surface area contributed by atoms with Crippen LogP contribution in [-0.4, -0.2) is 49.9 Å². The third-order valence-electron chi connectivity index (χ3n) is 7.28. The maximum absolute atomic E-state index is 13.2. The van der Waals surface area contributed by atoms with Crippen molar-refractivity contribution in [3.05, 3.63) is 79.5 Å². The van der Waals surface area contributed by atoms with Gasteiger partial charge in [-0.25, -0.2) is 4.79 Å². The van der Waals surface area contributed by atoms with Crippen molar-refractivity contribution in [2.75, 3.05) is 13.1 Å². The minimum atomic E-state index is -0.613. The lowest BCUT2D eigenvalue weighted by Crippen LogP contribution is -2.42. The van der Waals surface area contributed by atoms with E-state index in [4.69, 9.17) is 34.8 Å². The van der Waals surface area contributed by atoms with Gasteiger partial charge in [-0.15, -0.1) is 23.2 Å². The predicted molar refractivity (Wildman–Crippen MR) is 144 cm³/mol. The highest BCUT2D eigenvalue weighted by atomic mass is 35.5. The van der Waals surface area contributed by atoms with Crippen molar-refractivity contribution in [3.63, 3.8) is 0 Å². The van der Waals surface area contributed by atoms with Crippen LogP contribution in [-0.2, 0) is 6.54 Å². The molecule has 1 saturated carbocycles. The van der Waals surface area contributed by atoms with Gasteiger partial charge in [0.1, 0.15) is 4.33 Å². The van der Waals surface area contributed by atoms with E-state index >= 15 is 0 Å². The minimum absolute atomic E-state index is 0.0293. The van der Waals surface area contributed by atoms with Crippen LogP contribution in [0.4, 0.5) is 0 Å². The molecule has 2 aromatic carbocycles. The Labute approximate surface area is 223 Å². The van der Waals surface area contributed by atoms with Gasteiger partial charge in [-0.05, 0) is 61.9 Å². The van der Waals surface area contributed by atoms with Gasteiger partial charge >= 0.3 is 5.69 Å². The van der Waals surface area contributed by atoms with Crippen molar-refractivity contribution in [3.8, 4) is 0 Å². The van der Waals surface area contributed by atoms with Crippen molar-refractivity contribution < 1.29 is 4.79 Å². The van der Waals surface area contributed by atoms with Crippen LogP contribution in [0, 0.1) is 0 Å². The first-order valence-corrected chi connectivity index (χ1v) is 13.3. The van der Waals surface area contributed by atoms with Crippen molar-refractivity contribution in [1.82, 2.24) is 19.8 Å². The summed E-state index contributed by atoms with van der Waals surface area (Å²) in [5.74, 6) is -0.239. The van der Waals surface area contributed by atoms with E-state index in [1.807, 2.05) is 0 Å². The zero-order chi connectivity index (χ0) is 25.4. The summed E-state index contributed by atoms with van der Waals surface area (Å²) in [6.45, 7) is 1.89. The number of fused-ring (bicyclic) bond motifs is 1. The Morgan fingerprint density at radius 3 is 2.61 bits per heavy atom. The maximum atomic E-state index is 13.2. The molecule has 0 spiro atoms. The monoisotopic (exact) mass is 548 g/mol. The SMILES string of the molecule is O=C(NC1CCN(C2CCC(Cl)(Cl)CC2)C1)c1cc(Cn2c(=O)[nH]c(=O)c3ccccc32)ccc1Cl. The number of hydrogen-bond donors (Lipinski definition) is 2. The third kappa shape index (κ3) is 5.35. The van der Waals surface area contributed by atoms with Gasteiger partial charge < -0.3 is 5.32 Å². The summed E-state index contributed by atoms with van der Waals surface area (Å²) in [4.78, 5) is 42.6. The largest absolute Gasteiger partial charge is 0.348 e. The van der Waals surface area contributed by atoms with Crippen LogP contribution in [0.25, 0.3) is 10.9 Å². The minimum Gasteiger partial charge on any atom is -0.348 e. The number of carbonyl (C=O) groups excluding carboxylic acids is 1. The summed E-state index contributed by atoms with van der Waals surface area (Å²) in [6, 6.07) is 12.5. The lowest BCUT2D eigenvalue weighted by atomic mass is 9.93. The van der Waals surface area contributed by atoms with Crippen LogP contribution in [0.2, 0.25) is 5.02 Å². The molecule has 1 aliphatic heterocycles. The number of amides is 1. The molecule has 36 heavy (non-hydrogen) atoms. The Bertz CT molecular complexity index is 1410. The number of aromatic amines is 1. The van der Waals surface area contributed by atoms with Gasteiger partial charge in [0.25, 0.3) is 11.5 Å². The molecule has 2 aliphatic rings. The van der Waals surface area contributed by atoms with Crippen LogP contribution < -0.4 is 16.6 Å². The fourth-order valence-corrected chi connectivity index (χ4v) is 5.96. The molecule has 7 nitrogen and oxygen atoms in total. The summed E-state index contributed by atoms with van der Waals surface area (Å²) in [6.07, 6.45) is 4.35. The molecule has 0 bridgehead atoms. The molecular weight excluding hydrogens is 523 g/mol. The van der Waals surface area contributed by atoms with Crippen molar-refractivity contribution in [2.24, 2.45) is 0 Å². The van der Waals surface area contributed by atoms with E-state index in [-0.39, 0.29) is 18.5 Å². The summed E-state index contributed by atoms with van der Waals surface area (Å²) in [5, 5.41) is 3.90. The number of rotatable bonds is 5. The fourth-order valence-electron chi connectivity index (χ4n) is 5.32. The second-order valence-corrected chi connectivity index (χ2v) is 11.8. The first-order chi connectivity index (χ1) is 17.2. The van der Waals surface area contributed by atoms with Crippen LogP contribution in [0.3, 0.4) is 0 Å². The van der Waals surface area contributed by atoms with Gasteiger partial charge in [0, 0.05) is 25.2 Å². The average Bonchev–Trinajstić information content (AvgIpc) is 3.31. The normalized spacial score (nSPS) is 20.6. The van der Waals surface area contributed by atoms with E-state index in [2.05, 4.69) is 15.2 Å². The summed E-state index contributed by atoms with van der Waals surface area (Å²) in [7, 11) is 0. The number of aromatic nitrogens is 2. The Hall–Kier alpha value is -2.32. The summed E-state index contributed by atoms with van der Waals surface area (Å²) < 4.78 is 0.870. The maximum Gasteiger partial charge on any atom is 0.329 e. The second kappa shape index (κ2) is 10.2. The zero-order valence-electron chi connectivity index (χ0n) is 19.6. The van der Waals surface area contributed by atoms with Crippen LogP contribution in [0.15, 0.2) is 52.1 Å². The number of nitrogens with zero attached hydrogens (tertiary/aromatic N) is 2. The first kappa shape index (κ1) is 25.3. The van der Waals surface area contributed by atoms with Gasteiger partial charge in [-0.2, -0.15) is 0 Å². The molecular formula is C26H27Cl3N4O3. The number of H-pyrrole nitrogens is 1. The molecule has 1 unspecified atom stereocenters. The second-order valence-electron chi connectivity index (χ2n) is 9.72. The molecule has 1 aliphatic carbocycles. The standard InChI is InChI=1S/C26H27Cl3N4O3/c27-21-6-5-16(14-33-22-4-2-1-3-19(22)23(34)31-25(33)36)13-20(21)24(35)30-17-9-12-32(15-17)18-7-10-26(28,29)11-8-18/h1-6,13,17-18H,7-12,14-15H2,(H,30,35)(H,31,34,36). The van der Waals surface area contributed by atoms with Crippen molar-refractivity contribution in [1.29, 1.82) is 0 Å². The summed E-state index contributed by atoms with van der Waals surface area (Å²) >= 11 is 18.9. The molecule has 5 rings (SSSR count). The van der Waals surface area contributed by atoms with Gasteiger partial charge in [0.05, 0.1) is 28.0 Å². The van der Waals surface area contributed by atoms with E-state index in [1.54, 1.807) is 42.5 Å². The molecule has 10 heteroatoms. The Morgan fingerprint density at radius 1 is 1.08 bits per heavy atom. The zero-order valence-corrected chi connectivity index (χ0v) is 21.9. The number of alkyl halides is 2. The molecule has 0 radical (unpaired) electrons. The lowest BCUT2D eigenvalue weighted by molar-refractivity contribution is 0.0934. The average molecular weight is 550 g/mol. The van der Waals surface area contributed by atoms with E-state index < -0.39 is 15.6 Å². The molecule has 2 N–H and O–H groups in total. The summed E-state index contributed by atoms with van der Waals surface area (Å²) in [5.41, 5.74) is 0.688. The number of hydrogen-bond acceptors (Lipinski definition) is 4. The van der Waals surface area contributed by atoms with E-state index in [1.165, 1.54) is 4.57 Å². The topological polar surface area (TPSA) is 87.2 Å². The van der Waals surface area contributed by atoms with E-state index in [0.717, 1.165) is 50.8 Å². The molecule has 190 valence electrons. The number of carbonyl (C=O) groups is 1. The highest BCUT2D eigenvalue weighted by molar-refractivity contribution is 6.48. The van der Waals surface area contributed by atoms with Crippen molar-refractivity contribution in [2.45, 2.75) is 55.1 Å². The molecule has 3 aromatic rings. The Morgan fingerprint density at radius 2 is 1.83 bits per heavy atom. The molecule has 2 fully saturated rings. The van der Waals surface area contributed by atoms with E-state index in [9.17, 15) is 14.4 Å². The van der Waals surface area contributed by atoms with Gasteiger partial charge in [-0.3, -0.25) is 24.0 Å². The highest BCUT2D eigenvalue weighted by Crippen LogP contribution is 2.39. The molecule has 2 heterocycles. The first-order valence-electron chi connectivity index (χ1n) is 12.1. The van der Waals surface area contributed by atoms with Crippen LogP contribution in [0.1, 0.15) is 48.0 Å². The third-order valence-corrected chi connectivity index (χ3v) is 8.36. The predicted octanol–water partition coefficient (Wildman–Crippen LogP) is 4.31. The lowest BCUT2D eigenvalue weighted by Gasteiger charge is -2.36. The molecule has 1 aromatic heterocycles. The molecule has 1 amide bonds. The van der Waals surface area contributed by atoms with E-state index in [0.29, 0.717) is 27.5 Å². The number of halogens is 3. The highest BCUT2D eigenvalue weighted by Gasteiger charge is 2.36. The number of benzene rings is 2. The smallest absolute Gasteiger partial charge is 0.329 e. The Kier molecular flexibility index (Phi) is 7.18. The molecule has 1 saturated heterocycles. The number of nitrogens with one attached hydrogen (secondary N) is 2. The number of para-hydroxylation sites is 1. The van der Waals surface area contributed by atoms with Crippen molar-refractivity contribution >= 4 is 51.6 Å². The Balaban J connectivity index is 1.29. The van der Waals surface area contributed by atoms with Gasteiger partial charge in [0.15, 0.2) is 0 Å². The van der Waals surface area contributed by atoms with Crippen LogP contribution >= 0.6 is 34.8 Å². The van der Waals surface area contributed by atoms with Crippen LogP contribution in [0.5, 0.6) is 0 Å². The number of likely N-dealkylation sites (tertiary alicyclic amines) is 1. The van der Waals surface area contributed by atoms with Gasteiger partial charge in [-0.1, -0.05) is 29.8 Å². The molecule has 1 atom stereocenters. The quantitative estimate of drug-likeness (QED) is 0.464.